The molecule has 0 aliphatic rings. The van der Waals surface area contributed by atoms with Gasteiger partial charge in [-0.15, -0.1) is 5.10 Å². The number of sulfonamides is 1. The second kappa shape index (κ2) is 8.38. The topological polar surface area (TPSA) is 80.1 Å². The van der Waals surface area contributed by atoms with Crippen LogP contribution in [0.1, 0.15) is 37.9 Å². The highest BCUT2D eigenvalue weighted by molar-refractivity contribution is 7.89. The van der Waals surface area contributed by atoms with Crippen LogP contribution in [0.15, 0.2) is 47.4 Å². The van der Waals surface area contributed by atoms with Gasteiger partial charge in [0.25, 0.3) is 0 Å². The molecule has 0 saturated carbocycles. The van der Waals surface area contributed by atoms with Crippen molar-refractivity contribution in [2.45, 2.75) is 38.3 Å². The Labute approximate surface area is 166 Å². The van der Waals surface area contributed by atoms with Crippen LogP contribution in [-0.2, 0) is 23.6 Å². The van der Waals surface area contributed by atoms with E-state index < -0.39 is 10.0 Å². The average molecular weight is 402 g/mol. The number of rotatable bonds is 8. The number of hydrogen-bond donors (Lipinski definition) is 1. The first-order chi connectivity index (χ1) is 13.4. The molecule has 0 saturated heterocycles. The summed E-state index contributed by atoms with van der Waals surface area (Å²) in [6.45, 7) is 7.38. The summed E-state index contributed by atoms with van der Waals surface area (Å²) in [6, 6.07) is 13.3. The van der Waals surface area contributed by atoms with E-state index >= 15 is 0 Å². The van der Waals surface area contributed by atoms with Crippen molar-refractivity contribution in [3.63, 3.8) is 0 Å². The Balaban J connectivity index is 1.68. The fraction of sp³-hybridized carbons (Fsp3) is 0.400. The monoisotopic (exact) mass is 401 g/mol. The molecule has 0 aliphatic carbocycles. The Kier molecular flexibility index (Phi) is 6.12. The van der Waals surface area contributed by atoms with Crippen LogP contribution in [0.4, 0.5) is 0 Å². The van der Waals surface area contributed by atoms with Crippen molar-refractivity contribution in [1.82, 2.24) is 24.6 Å². The van der Waals surface area contributed by atoms with Crippen LogP contribution in [-0.4, -0.2) is 40.8 Å². The fourth-order valence-electron chi connectivity index (χ4n) is 3.23. The lowest BCUT2D eigenvalue weighted by atomic mass is 10.1. The molecule has 0 radical (unpaired) electrons. The molecule has 28 heavy (non-hydrogen) atoms. The fourth-order valence-corrected chi connectivity index (χ4v) is 4.68. The Hall–Kier alpha value is -2.29. The number of benzene rings is 2. The number of aromatic nitrogens is 3. The van der Waals surface area contributed by atoms with Crippen molar-refractivity contribution in [2.24, 2.45) is 7.05 Å². The van der Waals surface area contributed by atoms with Crippen molar-refractivity contribution in [3.8, 4) is 0 Å². The average Bonchev–Trinajstić information content (AvgIpc) is 3.07. The van der Waals surface area contributed by atoms with Crippen LogP contribution >= 0.6 is 0 Å². The van der Waals surface area contributed by atoms with E-state index in [1.807, 2.05) is 45.2 Å². The van der Waals surface area contributed by atoms with Crippen LogP contribution in [0, 0.1) is 0 Å². The number of aryl methyl sites for hydroxylation is 1. The van der Waals surface area contributed by atoms with Gasteiger partial charge >= 0.3 is 0 Å². The van der Waals surface area contributed by atoms with Gasteiger partial charge in [0, 0.05) is 32.7 Å². The molecule has 0 bridgehead atoms. The third-order valence-electron chi connectivity index (χ3n) is 5.01. The number of fused-ring (bicyclic) bond motifs is 1. The summed E-state index contributed by atoms with van der Waals surface area (Å²) >= 11 is 0. The quantitative estimate of drug-likeness (QED) is 0.628. The molecule has 1 aromatic heterocycles. The van der Waals surface area contributed by atoms with E-state index in [2.05, 4.69) is 28.6 Å². The second-order valence-electron chi connectivity index (χ2n) is 6.80. The lowest BCUT2D eigenvalue weighted by Crippen LogP contribution is -2.30. The van der Waals surface area contributed by atoms with E-state index in [1.165, 1.54) is 4.31 Å². The predicted molar refractivity (Wildman–Crippen MR) is 110 cm³/mol. The van der Waals surface area contributed by atoms with Gasteiger partial charge in [0.1, 0.15) is 5.52 Å². The zero-order chi connectivity index (χ0) is 20.3. The van der Waals surface area contributed by atoms with Gasteiger partial charge in [-0.25, -0.2) is 13.1 Å². The summed E-state index contributed by atoms with van der Waals surface area (Å²) in [7, 11) is -1.55. The molecule has 1 N–H and O–H groups in total. The smallest absolute Gasteiger partial charge is 0.243 e. The van der Waals surface area contributed by atoms with Crippen molar-refractivity contribution >= 4 is 21.1 Å². The molecule has 1 heterocycles. The minimum absolute atomic E-state index is 0.0859. The minimum Gasteiger partial charge on any atom is -0.306 e. The van der Waals surface area contributed by atoms with Crippen LogP contribution in [0.25, 0.3) is 11.0 Å². The highest BCUT2D eigenvalue weighted by Crippen LogP contribution is 2.20. The first-order valence-corrected chi connectivity index (χ1v) is 10.9. The molecule has 0 spiro atoms. The van der Waals surface area contributed by atoms with Gasteiger partial charge in [-0.3, -0.25) is 0 Å². The van der Waals surface area contributed by atoms with Gasteiger partial charge in [-0.2, -0.15) is 4.31 Å². The molecule has 0 amide bonds. The van der Waals surface area contributed by atoms with E-state index in [0.717, 1.165) is 22.2 Å². The van der Waals surface area contributed by atoms with Crippen molar-refractivity contribution < 1.29 is 8.42 Å². The molecule has 150 valence electrons. The standard InChI is InChI=1S/C20H27N5O2S/c1-5-25(6-2)28(26,27)18-10-8-17(9-11-18)15(3)21-14-16-7-12-20-19(13-16)22-23-24(20)4/h7-13,15,21H,5-6,14H2,1-4H3. The summed E-state index contributed by atoms with van der Waals surface area (Å²) in [6.07, 6.45) is 0. The molecule has 0 aliphatic heterocycles. The third-order valence-corrected chi connectivity index (χ3v) is 7.07. The summed E-state index contributed by atoms with van der Waals surface area (Å²) in [5, 5.41) is 11.7. The van der Waals surface area contributed by atoms with Gasteiger partial charge in [0.15, 0.2) is 0 Å². The van der Waals surface area contributed by atoms with Gasteiger partial charge < -0.3 is 5.32 Å². The van der Waals surface area contributed by atoms with Crippen LogP contribution in [0.3, 0.4) is 0 Å². The van der Waals surface area contributed by atoms with Crippen molar-refractivity contribution in [1.29, 1.82) is 0 Å². The van der Waals surface area contributed by atoms with Gasteiger partial charge in [-0.05, 0) is 42.3 Å². The zero-order valence-electron chi connectivity index (χ0n) is 16.8. The van der Waals surface area contributed by atoms with Gasteiger partial charge in [0.2, 0.25) is 10.0 Å². The summed E-state index contributed by atoms with van der Waals surface area (Å²) < 4.78 is 28.4. The van der Waals surface area contributed by atoms with Gasteiger partial charge in [-0.1, -0.05) is 37.3 Å². The highest BCUT2D eigenvalue weighted by Gasteiger charge is 2.21. The second-order valence-corrected chi connectivity index (χ2v) is 8.74. The number of nitrogens with zero attached hydrogens (tertiary/aromatic N) is 4. The van der Waals surface area contributed by atoms with E-state index in [-0.39, 0.29) is 6.04 Å². The molecule has 3 rings (SSSR count). The molecule has 1 atom stereocenters. The Morgan fingerprint density at radius 1 is 1.11 bits per heavy atom. The summed E-state index contributed by atoms with van der Waals surface area (Å²) in [5.41, 5.74) is 4.04. The molecule has 7 nitrogen and oxygen atoms in total. The van der Waals surface area contributed by atoms with Crippen LogP contribution in [0.2, 0.25) is 0 Å². The van der Waals surface area contributed by atoms with Gasteiger partial charge in [0.05, 0.1) is 10.4 Å². The maximum absolute atomic E-state index is 12.6. The molecular weight excluding hydrogens is 374 g/mol. The Bertz CT molecular complexity index is 1040. The summed E-state index contributed by atoms with van der Waals surface area (Å²) in [5.74, 6) is 0. The van der Waals surface area contributed by atoms with Crippen molar-refractivity contribution in [3.05, 3.63) is 53.6 Å². The molecule has 2 aromatic carbocycles. The molecular formula is C20H27N5O2S. The lowest BCUT2D eigenvalue weighted by molar-refractivity contribution is 0.445. The maximum atomic E-state index is 12.6. The Morgan fingerprint density at radius 2 is 1.79 bits per heavy atom. The normalized spacial score (nSPS) is 13.3. The Morgan fingerprint density at radius 3 is 2.43 bits per heavy atom. The molecule has 0 fully saturated rings. The zero-order valence-corrected chi connectivity index (χ0v) is 17.6. The first kappa shape index (κ1) is 20.4. The lowest BCUT2D eigenvalue weighted by Gasteiger charge is -2.19. The molecule has 3 aromatic rings. The van der Waals surface area contributed by atoms with E-state index in [1.54, 1.807) is 16.8 Å². The largest absolute Gasteiger partial charge is 0.306 e. The van der Waals surface area contributed by atoms with Crippen LogP contribution < -0.4 is 5.32 Å². The van der Waals surface area contributed by atoms with E-state index in [9.17, 15) is 8.42 Å². The minimum atomic E-state index is -3.42. The van der Waals surface area contributed by atoms with E-state index in [0.29, 0.717) is 24.5 Å². The first-order valence-electron chi connectivity index (χ1n) is 9.48. The van der Waals surface area contributed by atoms with Crippen LogP contribution in [0.5, 0.6) is 0 Å². The molecule has 1 unspecified atom stereocenters. The highest BCUT2D eigenvalue weighted by atomic mass is 32.2. The van der Waals surface area contributed by atoms with E-state index in [4.69, 9.17) is 0 Å². The SMILES string of the molecule is CCN(CC)S(=O)(=O)c1ccc(C(C)NCc2ccc3c(c2)nnn3C)cc1. The maximum Gasteiger partial charge on any atom is 0.243 e. The number of hydrogen-bond acceptors (Lipinski definition) is 5. The number of nitrogens with one attached hydrogen (secondary N) is 1. The molecule has 8 heteroatoms. The summed E-state index contributed by atoms with van der Waals surface area (Å²) in [4.78, 5) is 0.334. The predicted octanol–water partition coefficient (Wildman–Crippen LogP) is 2.85. The third kappa shape index (κ3) is 4.09. The van der Waals surface area contributed by atoms with Crippen molar-refractivity contribution in [2.75, 3.05) is 13.1 Å².